The Bertz CT molecular complexity index is 779. The minimum absolute atomic E-state index is 0.0983. The predicted octanol–water partition coefficient (Wildman–Crippen LogP) is 2.77. The van der Waals surface area contributed by atoms with Crippen LogP contribution in [0.2, 0.25) is 0 Å². The van der Waals surface area contributed by atoms with E-state index in [1.54, 1.807) is 42.5 Å². The summed E-state index contributed by atoms with van der Waals surface area (Å²) >= 11 is 0. The summed E-state index contributed by atoms with van der Waals surface area (Å²) in [6.45, 7) is 0. The molecule has 0 amide bonds. The van der Waals surface area contributed by atoms with E-state index in [9.17, 15) is 14.9 Å². The number of Topliss-reactive ketones (excluding diaryl/α,β-unsaturated/α-hetero) is 1. The summed E-state index contributed by atoms with van der Waals surface area (Å²) < 4.78 is 0. The molecule has 0 fully saturated rings. The van der Waals surface area contributed by atoms with Gasteiger partial charge in [-0.15, -0.1) is 0 Å². The molecule has 7 heteroatoms. The van der Waals surface area contributed by atoms with Crippen molar-refractivity contribution in [2.24, 2.45) is 5.10 Å². The maximum atomic E-state index is 12.1. The molecule has 1 N–H and O–H groups in total. The minimum Gasteiger partial charge on any atom is -0.286 e. The fraction of sp³-hybridized carbons (Fsp3) is 0. The van der Waals surface area contributed by atoms with Crippen LogP contribution in [0, 0.1) is 21.4 Å². The van der Waals surface area contributed by atoms with Crippen molar-refractivity contribution in [2.75, 3.05) is 5.43 Å². The third-order valence-corrected chi connectivity index (χ3v) is 2.75. The number of benzene rings is 2. The van der Waals surface area contributed by atoms with Gasteiger partial charge in [-0.25, -0.2) is 0 Å². The van der Waals surface area contributed by atoms with Gasteiger partial charge in [0.2, 0.25) is 11.5 Å². The minimum atomic E-state index is -0.580. The topological polar surface area (TPSA) is 108 Å². The molecule has 0 unspecified atom stereocenters. The van der Waals surface area contributed by atoms with Gasteiger partial charge in [0, 0.05) is 11.6 Å². The lowest BCUT2D eigenvalue weighted by Gasteiger charge is -2.02. The number of nitrogens with one attached hydrogen (secondary N) is 1. The molecule has 0 aromatic heterocycles. The van der Waals surface area contributed by atoms with Crippen LogP contribution in [0.1, 0.15) is 10.4 Å². The number of nitriles is 1. The van der Waals surface area contributed by atoms with E-state index in [0.29, 0.717) is 5.56 Å². The normalized spacial score (nSPS) is 10.6. The highest BCUT2D eigenvalue weighted by molar-refractivity contribution is 6.51. The van der Waals surface area contributed by atoms with Gasteiger partial charge in [0.1, 0.15) is 11.8 Å². The van der Waals surface area contributed by atoms with Crippen LogP contribution in [0.4, 0.5) is 11.4 Å². The average Bonchev–Trinajstić information content (AvgIpc) is 2.56. The molecule has 0 aliphatic carbocycles. The predicted molar refractivity (Wildman–Crippen MR) is 80.5 cm³/mol. The van der Waals surface area contributed by atoms with Gasteiger partial charge in [-0.05, 0) is 6.07 Å². The number of nitro benzene ring substituents is 1. The molecule has 2 rings (SSSR count). The molecular weight excluding hydrogens is 284 g/mol. The molecule has 0 saturated heterocycles. The lowest BCUT2D eigenvalue weighted by Crippen LogP contribution is -2.14. The number of carbonyl (C=O) groups excluding carboxylic acids is 1. The number of hydrazone groups is 1. The molecule has 0 aliphatic heterocycles. The standard InChI is InChI=1S/C15H10N4O3/c16-10-13(15(20)11-6-2-1-3-7-11)18-17-12-8-4-5-9-14(12)19(21)22/h1-9,17H/b18-13-. The highest BCUT2D eigenvalue weighted by Gasteiger charge is 2.15. The Balaban J connectivity index is 2.27. The van der Waals surface area contributed by atoms with Crippen molar-refractivity contribution >= 4 is 22.9 Å². The van der Waals surface area contributed by atoms with Crippen molar-refractivity contribution < 1.29 is 9.72 Å². The number of hydrogen-bond donors (Lipinski definition) is 1. The van der Waals surface area contributed by atoms with Crippen molar-refractivity contribution in [1.82, 2.24) is 0 Å². The maximum Gasteiger partial charge on any atom is 0.294 e. The van der Waals surface area contributed by atoms with Crippen LogP contribution >= 0.6 is 0 Å². The summed E-state index contributed by atoms with van der Waals surface area (Å²) in [6.07, 6.45) is 0. The lowest BCUT2D eigenvalue weighted by atomic mass is 10.1. The fourth-order valence-electron chi connectivity index (χ4n) is 1.70. The molecular formula is C15H10N4O3. The van der Waals surface area contributed by atoms with Gasteiger partial charge in [-0.1, -0.05) is 42.5 Å². The number of hydrogen-bond acceptors (Lipinski definition) is 6. The van der Waals surface area contributed by atoms with Gasteiger partial charge in [-0.3, -0.25) is 20.3 Å². The van der Waals surface area contributed by atoms with Crippen molar-refractivity contribution in [3.63, 3.8) is 0 Å². The second kappa shape index (κ2) is 6.76. The van der Waals surface area contributed by atoms with Crippen LogP contribution in [0.3, 0.4) is 0 Å². The lowest BCUT2D eigenvalue weighted by molar-refractivity contribution is -0.384. The highest BCUT2D eigenvalue weighted by Crippen LogP contribution is 2.23. The van der Waals surface area contributed by atoms with Crippen LogP contribution in [-0.4, -0.2) is 16.4 Å². The Morgan fingerprint density at radius 2 is 1.77 bits per heavy atom. The van der Waals surface area contributed by atoms with Crippen LogP contribution < -0.4 is 5.43 Å². The molecule has 0 saturated carbocycles. The van der Waals surface area contributed by atoms with Gasteiger partial charge in [0.25, 0.3) is 5.69 Å². The molecule has 2 aromatic carbocycles. The van der Waals surface area contributed by atoms with E-state index in [-0.39, 0.29) is 17.1 Å². The third-order valence-electron chi connectivity index (χ3n) is 2.75. The Kier molecular flexibility index (Phi) is 4.57. The molecule has 0 heterocycles. The monoisotopic (exact) mass is 294 g/mol. The molecule has 7 nitrogen and oxygen atoms in total. The molecule has 0 aliphatic rings. The summed E-state index contributed by atoms with van der Waals surface area (Å²) in [5.74, 6) is -0.561. The first-order chi connectivity index (χ1) is 10.6. The highest BCUT2D eigenvalue weighted by atomic mass is 16.6. The van der Waals surface area contributed by atoms with Crippen LogP contribution in [0.25, 0.3) is 0 Å². The third kappa shape index (κ3) is 3.32. The number of nitro groups is 1. The first kappa shape index (κ1) is 14.9. The van der Waals surface area contributed by atoms with Crippen molar-refractivity contribution in [1.29, 1.82) is 5.26 Å². The SMILES string of the molecule is N#C/C(=N/Nc1ccccc1[N+](=O)[O-])C(=O)c1ccccc1. The Hall–Kier alpha value is -3.53. The number of carbonyl (C=O) groups is 1. The number of anilines is 1. The number of ketones is 1. The summed E-state index contributed by atoms with van der Waals surface area (Å²) in [4.78, 5) is 22.4. The van der Waals surface area contributed by atoms with Gasteiger partial charge in [-0.2, -0.15) is 10.4 Å². The van der Waals surface area contributed by atoms with Gasteiger partial charge >= 0.3 is 0 Å². The maximum absolute atomic E-state index is 12.1. The largest absolute Gasteiger partial charge is 0.294 e. The Labute approximate surface area is 125 Å². The number of para-hydroxylation sites is 2. The van der Waals surface area contributed by atoms with Crippen LogP contribution in [0.5, 0.6) is 0 Å². The zero-order valence-corrected chi connectivity index (χ0v) is 11.3. The van der Waals surface area contributed by atoms with E-state index in [1.165, 1.54) is 18.2 Å². The van der Waals surface area contributed by atoms with Gasteiger partial charge < -0.3 is 0 Å². The smallest absolute Gasteiger partial charge is 0.286 e. The Morgan fingerprint density at radius 1 is 1.14 bits per heavy atom. The van der Waals surface area contributed by atoms with Gasteiger partial charge in [0.15, 0.2) is 0 Å². The fourth-order valence-corrected chi connectivity index (χ4v) is 1.70. The first-order valence-corrected chi connectivity index (χ1v) is 6.20. The van der Waals surface area contributed by atoms with Crippen molar-refractivity contribution in [3.05, 3.63) is 70.3 Å². The molecule has 0 atom stereocenters. The second-order valence-electron chi connectivity index (χ2n) is 4.15. The van der Waals surface area contributed by atoms with E-state index in [1.807, 2.05) is 0 Å². The van der Waals surface area contributed by atoms with Gasteiger partial charge in [0.05, 0.1) is 4.92 Å². The van der Waals surface area contributed by atoms with E-state index in [0.717, 1.165) is 0 Å². The zero-order valence-electron chi connectivity index (χ0n) is 11.3. The number of nitrogens with zero attached hydrogens (tertiary/aromatic N) is 3. The second-order valence-corrected chi connectivity index (χ2v) is 4.15. The number of rotatable bonds is 5. The summed E-state index contributed by atoms with van der Waals surface area (Å²) in [5, 5.41) is 23.6. The average molecular weight is 294 g/mol. The van der Waals surface area contributed by atoms with E-state index < -0.39 is 10.7 Å². The molecule has 108 valence electrons. The molecule has 22 heavy (non-hydrogen) atoms. The van der Waals surface area contributed by atoms with Crippen molar-refractivity contribution in [3.8, 4) is 6.07 Å². The first-order valence-electron chi connectivity index (χ1n) is 6.20. The molecule has 2 aromatic rings. The van der Waals surface area contributed by atoms with Crippen LogP contribution in [0.15, 0.2) is 59.7 Å². The van der Waals surface area contributed by atoms with E-state index in [4.69, 9.17) is 5.26 Å². The summed E-state index contributed by atoms with van der Waals surface area (Å²) in [5.41, 5.74) is 2.23. The summed E-state index contributed by atoms with van der Waals surface area (Å²) in [6, 6.07) is 15.7. The quantitative estimate of drug-likeness (QED) is 0.394. The zero-order chi connectivity index (χ0) is 15.9. The van der Waals surface area contributed by atoms with E-state index >= 15 is 0 Å². The van der Waals surface area contributed by atoms with Crippen molar-refractivity contribution in [2.45, 2.75) is 0 Å². The Morgan fingerprint density at radius 3 is 2.41 bits per heavy atom. The van der Waals surface area contributed by atoms with Crippen LogP contribution in [-0.2, 0) is 0 Å². The molecule has 0 spiro atoms. The summed E-state index contributed by atoms with van der Waals surface area (Å²) in [7, 11) is 0. The van der Waals surface area contributed by atoms with E-state index in [2.05, 4.69) is 10.5 Å². The molecule has 0 bridgehead atoms. The molecule has 0 radical (unpaired) electrons.